The molecule has 2 saturated heterocycles. The summed E-state index contributed by atoms with van der Waals surface area (Å²) < 4.78 is 5.85. The number of rotatable bonds is 4. The minimum Gasteiger partial charge on any atom is -0.461 e. The van der Waals surface area contributed by atoms with Gasteiger partial charge in [0.05, 0.1) is 12.0 Å². The summed E-state index contributed by atoms with van der Waals surface area (Å²) >= 11 is 0. The zero-order chi connectivity index (χ0) is 21.6. The number of likely N-dealkylation sites (tertiary alicyclic amines) is 1. The van der Waals surface area contributed by atoms with Gasteiger partial charge in [0.1, 0.15) is 6.10 Å². The fourth-order valence-electron chi connectivity index (χ4n) is 6.87. The SMILES string of the molecule is C[C@H]1CCC=C2C[C@H]3OC(=O)C(CN4CCC(Cc5ccccc5)CC4)[C@H]3[C@H](O)[C@@]21C. The third kappa shape index (κ3) is 3.76. The summed E-state index contributed by atoms with van der Waals surface area (Å²) in [5.74, 6) is 0.803. The van der Waals surface area contributed by atoms with Crippen LogP contribution in [0.1, 0.15) is 51.5 Å². The molecular formula is C27H37NO3. The number of fused-ring (bicyclic) bond motifs is 2. The molecule has 2 aliphatic carbocycles. The highest BCUT2D eigenvalue weighted by molar-refractivity contribution is 5.76. The van der Waals surface area contributed by atoms with Gasteiger partial charge >= 0.3 is 5.97 Å². The minimum absolute atomic E-state index is 0.0720. The first-order valence-corrected chi connectivity index (χ1v) is 12.3. The van der Waals surface area contributed by atoms with Crippen molar-refractivity contribution >= 4 is 5.97 Å². The van der Waals surface area contributed by atoms with Crippen LogP contribution in [0.5, 0.6) is 0 Å². The van der Waals surface area contributed by atoms with Crippen LogP contribution in [-0.2, 0) is 16.0 Å². The molecule has 0 bridgehead atoms. The Kier molecular flexibility index (Phi) is 5.72. The maximum Gasteiger partial charge on any atom is 0.311 e. The van der Waals surface area contributed by atoms with Crippen molar-refractivity contribution in [3.63, 3.8) is 0 Å². The maximum atomic E-state index is 12.9. The average Bonchev–Trinajstić information content (AvgIpc) is 3.07. The summed E-state index contributed by atoms with van der Waals surface area (Å²) in [6, 6.07) is 10.8. The quantitative estimate of drug-likeness (QED) is 0.582. The topological polar surface area (TPSA) is 49.8 Å². The Morgan fingerprint density at radius 3 is 2.65 bits per heavy atom. The molecule has 1 saturated carbocycles. The Labute approximate surface area is 186 Å². The van der Waals surface area contributed by atoms with Gasteiger partial charge in [-0.25, -0.2) is 0 Å². The standard InChI is InChI=1S/C27H37NO3/c1-18-7-6-10-21-16-23-24(25(29)27(18,21)2)22(26(30)31-23)17-28-13-11-20(12-14-28)15-19-8-4-3-5-9-19/h3-5,8-10,18,20,22-25,29H,6-7,11-17H2,1-2H3/t18-,22?,23+,24+,25-,27+/m0/s1. The molecule has 168 valence electrons. The van der Waals surface area contributed by atoms with Gasteiger partial charge in [-0.2, -0.15) is 0 Å². The monoisotopic (exact) mass is 423 g/mol. The lowest BCUT2D eigenvalue weighted by Gasteiger charge is -2.52. The zero-order valence-electron chi connectivity index (χ0n) is 19.0. The van der Waals surface area contributed by atoms with Gasteiger partial charge in [-0.1, -0.05) is 55.8 Å². The van der Waals surface area contributed by atoms with E-state index in [1.54, 1.807) is 0 Å². The summed E-state index contributed by atoms with van der Waals surface area (Å²) in [4.78, 5) is 15.3. The number of ether oxygens (including phenoxy) is 1. The van der Waals surface area contributed by atoms with Gasteiger partial charge < -0.3 is 14.7 Å². The van der Waals surface area contributed by atoms with E-state index in [1.165, 1.54) is 24.0 Å². The third-order valence-electron chi connectivity index (χ3n) is 9.10. The summed E-state index contributed by atoms with van der Waals surface area (Å²) in [6.45, 7) is 7.29. The molecule has 6 atom stereocenters. The lowest BCUT2D eigenvalue weighted by atomic mass is 9.55. The van der Waals surface area contributed by atoms with Gasteiger partial charge in [-0.15, -0.1) is 0 Å². The van der Waals surface area contributed by atoms with E-state index in [2.05, 4.69) is 55.2 Å². The largest absolute Gasteiger partial charge is 0.461 e. The molecule has 0 spiro atoms. The zero-order valence-corrected chi connectivity index (χ0v) is 19.0. The summed E-state index contributed by atoms with van der Waals surface area (Å²) in [6.07, 6.45) is 8.16. The van der Waals surface area contributed by atoms with Gasteiger partial charge in [0, 0.05) is 24.3 Å². The molecule has 4 heteroatoms. The molecule has 1 N–H and O–H groups in total. The molecule has 1 aromatic rings. The molecule has 4 nitrogen and oxygen atoms in total. The average molecular weight is 424 g/mol. The highest BCUT2D eigenvalue weighted by Gasteiger charge is 2.59. The number of carbonyl (C=O) groups excluding carboxylic acids is 1. The van der Waals surface area contributed by atoms with Crippen LogP contribution in [0.25, 0.3) is 0 Å². The molecule has 0 radical (unpaired) electrons. The fourth-order valence-corrected chi connectivity index (χ4v) is 6.87. The summed E-state index contributed by atoms with van der Waals surface area (Å²) in [7, 11) is 0. The first-order chi connectivity index (χ1) is 15.0. The van der Waals surface area contributed by atoms with Crippen LogP contribution in [0.3, 0.4) is 0 Å². The lowest BCUT2D eigenvalue weighted by Crippen LogP contribution is -2.55. The molecule has 2 aliphatic heterocycles. The van der Waals surface area contributed by atoms with E-state index in [9.17, 15) is 9.90 Å². The fraction of sp³-hybridized carbons (Fsp3) is 0.667. The van der Waals surface area contributed by atoms with Crippen molar-refractivity contribution in [3.8, 4) is 0 Å². The molecule has 0 amide bonds. The van der Waals surface area contributed by atoms with Gasteiger partial charge in [0.15, 0.2) is 0 Å². The number of hydrogen-bond acceptors (Lipinski definition) is 4. The molecule has 31 heavy (non-hydrogen) atoms. The molecule has 2 heterocycles. The van der Waals surface area contributed by atoms with Crippen molar-refractivity contribution in [2.75, 3.05) is 19.6 Å². The Morgan fingerprint density at radius 1 is 1.16 bits per heavy atom. The van der Waals surface area contributed by atoms with Crippen molar-refractivity contribution in [2.24, 2.45) is 29.1 Å². The number of aliphatic hydroxyl groups is 1. The predicted octanol–water partition coefficient (Wildman–Crippen LogP) is 4.23. The smallest absolute Gasteiger partial charge is 0.311 e. The predicted molar refractivity (Wildman–Crippen MR) is 121 cm³/mol. The van der Waals surface area contributed by atoms with Crippen LogP contribution in [0.15, 0.2) is 42.0 Å². The number of carbonyl (C=O) groups is 1. The van der Waals surface area contributed by atoms with E-state index in [-0.39, 0.29) is 29.3 Å². The van der Waals surface area contributed by atoms with E-state index >= 15 is 0 Å². The second kappa shape index (κ2) is 8.37. The second-order valence-corrected chi connectivity index (χ2v) is 10.7. The number of hydrogen-bond donors (Lipinski definition) is 1. The summed E-state index contributed by atoms with van der Waals surface area (Å²) in [5.41, 5.74) is 2.52. The van der Waals surface area contributed by atoms with E-state index in [4.69, 9.17) is 4.74 Å². The molecule has 1 unspecified atom stereocenters. The molecule has 4 aliphatic rings. The van der Waals surface area contributed by atoms with E-state index in [1.807, 2.05) is 0 Å². The van der Waals surface area contributed by atoms with Gasteiger partial charge in [0.25, 0.3) is 0 Å². The molecular weight excluding hydrogens is 386 g/mol. The first-order valence-electron chi connectivity index (χ1n) is 12.3. The van der Waals surface area contributed by atoms with E-state index in [0.717, 1.165) is 51.2 Å². The number of aliphatic hydroxyl groups excluding tert-OH is 1. The van der Waals surface area contributed by atoms with Gasteiger partial charge in [-0.3, -0.25) is 4.79 Å². The molecule has 0 aromatic heterocycles. The van der Waals surface area contributed by atoms with Crippen molar-refractivity contribution in [2.45, 2.75) is 64.6 Å². The first kappa shape index (κ1) is 21.2. The van der Waals surface area contributed by atoms with Crippen LogP contribution in [0, 0.1) is 29.1 Å². The number of nitrogens with zero attached hydrogens (tertiary/aromatic N) is 1. The highest BCUT2D eigenvalue weighted by atomic mass is 16.6. The number of allylic oxidation sites excluding steroid dienone is 1. The van der Waals surface area contributed by atoms with Gasteiger partial charge in [0.2, 0.25) is 0 Å². The van der Waals surface area contributed by atoms with Gasteiger partial charge in [-0.05, 0) is 62.6 Å². The maximum absolute atomic E-state index is 12.9. The second-order valence-electron chi connectivity index (χ2n) is 10.7. The normalized spacial score (nSPS) is 38.9. The van der Waals surface area contributed by atoms with Crippen molar-refractivity contribution in [1.82, 2.24) is 4.90 Å². The highest BCUT2D eigenvalue weighted by Crippen LogP contribution is 2.56. The van der Waals surface area contributed by atoms with Crippen LogP contribution in [-0.4, -0.2) is 47.8 Å². The Bertz CT molecular complexity index is 828. The Morgan fingerprint density at radius 2 is 1.90 bits per heavy atom. The van der Waals surface area contributed by atoms with Crippen molar-refractivity contribution in [3.05, 3.63) is 47.5 Å². The van der Waals surface area contributed by atoms with Crippen LogP contribution in [0.4, 0.5) is 0 Å². The van der Waals surface area contributed by atoms with Crippen LogP contribution >= 0.6 is 0 Å². The van der Waals surface area contributed by atoms with E-state index < -0.39 is 6.10 Å². The lowest BCUT2D eigenvalue weighted by molar-refractivity contribution is -0.145. The number of piperidine rings is 1. The van der Waals surface area contributed by atoms with E-state index in [0.29, 0.717) is 5.92 Å². The molecule has 1 aromatic carbocycles. The van der Waals surface area contributed by atoms with Crippen molar-refractivity contribution in [1.29, 1.82) is 0 Å². The number of esters is 1. The molecule has 5 rings (SSSR count). The van der Waals surface area contributed by atoms with Crippen LogP contribution < -0.4 is 0 Å². The van der Waals surface area contributed by atoms with Crippen LogP contribution in [0.2, 0.25) is 0 Å². The Hall–Kier alpha value is -1.65. The minimum atomic E-state index is -0.500. The van der Waals surface area contributed by atoms with Crippen molar-refractivity contribution < 1.29 is 14.6 Å². The Balaban J connectivity index is 1.24. The summed E-state index contributed by atoms with van der Waals surface area (Å²) in [5, 5.41) is 11.5. The third-order valence-corrected chi connectivity index (χ3v) is 9.10. The number of benzene rings is 1. The molecule has 3 fully saturated rings.